The molecule has 0 saturated carbocycles. The second kappa shape index (κ2) is 4.59. The highest BCUT2D eigenvalue weighted by molar-refractivity contribution is 7.89. The largest absolute Gasteiger partial charge is 0.384 e. The Bertz CT molecular complexity index is 413. The molecule has 1 unspecified atom stereocenters. The molecular weight excluding hydrogens is 214 g/mol. The van der Waals surface area contributed by atoms with Gasteiger partial charge in [-0.2, -0.15) is 0 Å². The number of pyridine rings is 1. The molecule has 0 aliphatic rings. The molecule has 0 spiro atoms. The zero-order valence-electron chi connectivity index (χ0n) is 8.77. The monoisotopic (exact) mass is 229 g/mol. The Morgan fingerprint density at radius 1 is 1.53 bits per heavy atom. The van der Waals surface area contributed by atoms with E-state index in [1.54, 1.807) is 0 Å². The van der Waals surface area contributed by atoms with E-state index in [9.17, 15) is 8.42 Å². The van der Waals surface area contributed by atoms with Crippen LogP contribution in [0.25, 0.3) is 0 Å². The molecule has 1 atom stereocenters. The minimum absolute atomic E-state index is 0.0902. The summed E-state index contributed by atoms with van der Waals surface area (Å²) in [6, 6.07) is 2.81. The minimum atomic E-state index is -3.46. The Balaban J connectivity index is 2.91. The molecular formula is C9H15N3O2S. The maximum atomic E-state index is 11.7. The fourth-order valence-electron chi connectivity index (χ4n) is 0.967. The highest BCUT2D eigenvalue weighted by atomic mass is 32.2. The first-order valence-electron chi connectivity index (χ1n) is 4.69. The number of anilines is 1. The number of sulfonamides is 1. The van der Waals surface area contributed by atoms with Gasteiger partial charge in [0.25, 0.3) is 0 Å². The molecule has 0 saturated heterocycles. The number of rotatable bonds is 4. The number of aromatic nitrogens is 1. The molecule has 1 aromatic heterocycles. The van der Waals surface area contributed by atoms with Crippen LogP contribution in [0.15, 0.2) is 23.2 Å². The van der Waals surface area contributed by atoms with Crippen molar-refractivity contribution < 1.29 is 8.42 Å². The lowest BCUT2D eigenvalue weighted by Gasteiger charge is -2.11. The van der Waals surface area contributed by atoms with Crippen molar-refractivity contribution in [1.29, 1.82) is 0 Å². The van der Waals surface area contributed by atoms with Gasteiger partial charge in [0.05, 0.1) is 0 Å². The summed E-state index contributed by atoms with van der Waals surface area (Å²) < 4.78 is 26.0. The Labute approximate surface area is 89.8 Å². The van der Waals surface area contributed by atoms with Crippen LogP contribution >= 0.6 is 0 Å². The van der Waals surface area contributed by atoms with Gasteiger partial charge >= 0.3 is 0 Å². The third kappa shape index (κ3) is 3.17. The lowest BCUT2D eigenvalue weighted by Crippen LogP contribution is -2.32. The molecule has 5 nitrogen and oxygen atoms in total. The van der Waals surface area contributed by atoms with Gasteiger partial charge in [-0.25, -0.2) is 18.1 Å². The average molecular weight is 229 g/mol. The van der Waals surface area contributed by atoms with E-state index in [1.807, 2.05) is 13.8 Å². The molecule has 0 bridgehead atoms. The maximum absolute atomic E-state index is 11.7. The Hall–Kier alpha value is -1.14. The van der Waals surface area contributed by atoms with Crippen molar-refractivity contribution in [2.24, 2.45) is 0 Å². The van der Waals surface area contributed by atoms with Crippen LogP contribution in [-0.2, 0) is 10.0 Å². The molecule has 84 valence electrons. The topological polar surface area (TPSA) is 85.1 Å². The summed E-state index contributed by atoms with van der Waals surface area (Å²) in [7, 11) is -3.46. The first-order chi connectivity index (χ1) is 6.95. The van der Waals surface area contributed by atoms with Gasteiger partial charge in [-0.3, -0.25) is 0 Å². The highest BCUT2D eigenvalue weighted by Crippen LogP contribution is 2.09. The lowest BCUT2D eigenvalue weighted by atomic mass is 10.3. The van der Waals surface area contributed by atoms with E-state index in [1.165, 1.54) is 18.3 Å². The summed E-state index contributed by atoms with van der Waals surface area (Å²) in [5.74, 6) is 0.303. The number of nitrogens with zero attached hydrogens (tertiary/aromatic N) is 1. The molecule has 0 aromatic carbocycles. The third-order valence-corrected chi connectivity index (χ3v) is 3.61. The van der Waals surface area contributed by atoms with Crippen molar-refractivity contribution >= 4 is 15.8 Å². The van der Waals surface area contributed by atoms with Gasteiger partial charge in [0.1, 0.15) is 10.7 Å². The summed E-state index contributed by atoms with van der Waals surface area (Å²) in [4.78, 5) is 3.87. The van der Waals surface area contributed by atoms with Crippen LogP contribution in [0.3, 0.4) is 0 Å². The minimum Gasteiger partial charge on any atom is -0.384 e. The molecule has 0 fully saturated rings. The van der Waals surface area contributed by atoms with E-state index in [-0.39, 0.29) is 10.9 Å². The third-order valence-electron chi connectivity index (χ3n) is 2.04. The van der Waals surface area contributed by atoms with Crippen molar-refractivity contribution in [3.05, 3.63) is 18.3 Å². The Morgan fingerprint density at radius 2 is 2.20 bits per heavy atom. The Morgan fingerprint density at radius 3 is 2.67 bits per heavy atom. The van der Waals surface area contributed by atoms with E-state index in [0.29, 0.717) is 5.82 Å². The van der Waals surface area contributed by atoms with E-state index in [0.717, 1.165) is 6.42 Å². The molecule has 15 heavy (non-hydrogen) atoms. The molecule has 6 heteroatoms. The zero-order valence-corrected chi connectivity index (χ0v) is 9.58. The summed E-state index contributed by atoms with van der Waals surface area (Å²) in [5.41, 5.74) is 5.37. The van der Waals surface area contributed by atoms with Crippen molar-refractivity contribution in [2.45, 2.75) is 31.2 Å². The molecule has 1 heterocycles. The fourth-order valence-corrected chi connectivity index (χ4v) is 2.24. The van der Waals surface area contributed by atoms with Crippen LogP contribution in [0.4, 0.5) is 5.82 Å². The van der Waals surface area contributed by atoms with E-state index >= 15 is 0 Å². The van der Waals surface area contributed by atoms with E-state index < -0.39 is 10.0 Å². The normalized spacial score (nSPS) is 13.7. The van der Waals surface area contributed by atoms with Crippen molar-refractivity contribution in [1.82, 2.24) is 9.71 Å². The van der Waals surface area contributed by atoms with Gasteiger partial charge in [0, 0.05) is 12.2 Å². The molecule has 1 rings (SSSR count). The van der Waals surface area contributed by atoms with Gasteiger partial charge in [-0.05, 0) is 25.5 Å². The van der Waals surface area contributed by atoms with Crippen molar-refractivity contribution in [3.8, 4) is 0 Å². The highest BCUT2D eigenvalue weighted by Gasteiger charge is 2.16. The molecule has 0 aliphatic heterocycles. The second-order valence-corrected chi connectivity index (χ2v) is 5.06. The predicted octanol–water partition coefficient (Wildman–Crippen LogP) is 0.741. The van der Waals surface area contributed by atoms with E-state index in [2.05, 4.69) is 9.71 Å². The molecule has 0 aliphatic carbocycles. The van der Waals surface area contributed by atoms with Crippen LogP contribution in [0.1, 0.15) is 20.3 Å². The summed E-state index contributed by atoms with van der Waals surface area (Å²) in [6.07, 6.45) is 1.99. The van der Waals surface area contributed by atoms with Gasteiger partial charge < -0.3 is 5.73 Å². The lowest BCUT2D eigenvalue weighted by molar-refractivity contribution is 0.555. The number of hydrogen-bond donors (Lipinski definition) is 2. The summed E-state index contributed by atoms with van der Waals surface area (Å²) in [6.45, 7) is 3.72. The van der Waals surface area contributed by atoms with Crippen LogP contribution in [0.5, 0.6) is 0 Å². The number of nitrogens with one attached hydrogen (secondary N) is 1. The number of nitrogen functional groups attached to an aromatic ring is 1. The molecule has 3 N–H and O–H groups in total. The molecule has 1 aromatic rings. The summed E-state index contributed by atoms with van der Waals surface area (Å²) >= 11 is 0. The number of hydrogen-bond acceptors (Lipinski definition) is 4. The van der Waals surface area contributed by atoms with Crippen molar-refractivity contribution in [3.63, 3.8) is 0 Å². The fraction of sp³-hybridized carbons (Fsp3) is 0.444. The van der Waals surface area contributed by atoms with Gasteiger partial charge in [-0.1, -0.05) is 6.92 Å². The zero-order chi connectivity index (χ0) is 11.5. The molecule has 0 radical (unpaired) electrons. The summed E-state index contributed by atoms with van der Waals surface area (Å²) in [5, 5.41) is 0. The average Bonchev–Trinajstić information content (AvgIpc) is 2.17. The van der Waals surface area contributed by atoms with Gasteiger partial charge in [-0.15, -0.1) is 0 Å². The van der Waals surface area contributed by atoms with Crippen LogP contribution in [-0.4, -0.2) is 19.4 Å². The standard InChI is InChI=1S/C9H15N3O2S/c1-3-7(2)12-15(13,14)8-4-5-9(10)11-6-8/h4-7,12H,3H2,1-2H3,(H2,10,11). The van der Waals surface area contributed by atoms with Gasteiger partial charge in [0.15, 0.2) is 0 Å². The maximum Gasteiger partial charge on any atom is 0.242 e. The quantitative estimate of drug-likeness (QED) is 0.797. The van der Waals surface area contributed by atoms with Crippen LogP contribution < -0.4 is 10.5 Å². The SMILES string of the molecule is CCC(C)NS(=O)(=O)c1ccc(N)nc1. The number of nitrogens with two attached hydrogens (primary N) is 1. The smallest absolute Gasteiger partial charge is 0.242 e. The predicted molar refractivity (Wildman–Crippen MR) is 58.7 cm³/mol. The van der Waals surface area contributed by atoms with Crippen LogP contribution in [0, 0.1) is 0 Å². The van der Waals surface area contributed by atoms with Crippen LogP contribution in [0.2, 0.25) is 0 Å². The first-order valence-corrected chi connectivity index (χ1v) is 6.18. The second-order valence-electron chi connectivity index (χ2n) is 3.35. The van der Waals surface area contributed by atoms with E-state index in [4.69, 9.17) is 5.73 Å². The Kier molecular flexibility index (Phi) is 3.65. The van der Waals surface area contributed by atoms with Gasteiger partial charge in [0.2, 0.25) is 10.0 Å². The first kappa shape index (κ1) is 11.9. The van der Waals surface area contributed by atoms with Crippen molar-refractivity contribution in [2.75, 3.05) is 5.73 Å². The molecule has 0 amide bonds.